The lowest BCUT2D eigenvalue weighted by Crippen LogP contribution is -2.02. The highest BCUT2D eigenvalue weighted by molar-refractivity contribution is 7.21. The first-order chi connectivity index (χ1) is 21.1. The van der Waals surface area contributed by atoms with E-state index in [0.717, 1.165) is 55.8 Å². The highest BCUT2D eigenvalue weighted by atomic mass is 32.1. The Morgan fingerprint density at radius 1 is 0.591 bits per heavy atom. The largest absolute Gasteiger partial charge is 0.397 e. The number of hydrogen-bond donors (Lipinski definition) is 2. The van der Waals surface area contributed by atoms with Crippen molar-refractivity contribution >= 4 is 66.0 Å². The lowest BCUT2D eigenvalue weighted by atomic mass is 9.99. The maximum Gasteiger partial charge on any atom is 0.205 e. The molecule has 0 spiro atoms. The van der Waals surface area contributed by atoms with E-state index in [2.05, 4.69) is 27.7 Å². The van der Waals surface area contributed by atoms with Gasteiger partial charge in [0.05, 0.1) is 11.4 Å². The maximum absolute atomic E-state index is 13.4. The fraction of sp³-hybridized carbons (Fsp3) is 0.222. The second-order valence-electron chi connectivity index (χ2n) is 12.0. The summed E-state index contributed by atoms with van der Waals surface area (Å²) >= 11 is 2.69. The highest BCUT2D eigenvalue weighted by Gasteiger charge is 2.21. The summed E-state index contributed by atoms with van der Waals surface area (Å²) in [4.78, 5) is 38.9. The van der Waals surface area contributed by atoms with Crippen LogP contribution in [0.25, 0.3) is 31.6 Å². The first-order valence-electron chi connectivity index (χ1n) is 14.7. The molecule has 4 aromatic heterocycles. The van der Waals surface area contributed by atoms with E-state index in [9.17, 15) is 9.59 Å². The second kappa shape index (κ2) is 11.9. The van der Waals surface area contributed by atoms with Crippen molar-refractivity contribution in [3.05, 3.63) is 105 Å². The third-order valence-corrected chi connectivity index (χ3v) is 9.81. The molecule has 6 aromatic rings. The number of nitrogens with two attached hydrogens (primary N) is 2. The average molecular weight is 619 g/mol. The van der Waals surface area contributed by atoms with Gasteiger partial charge in [0.15, 0.2) is 0 Å². The summed E-state index contributed by atoms with van der Waals surface area (Å²) in [6, 6.07) is 22.8. The number of benzene rings is 2. The Bertz CT molecular complexity index is 1870. The molecule has 0 amide bonds. The van der Waals surface area contributed by atoms with Crippen molar-refractivity contribution in [1.82, 2.24) is 9.97 Å². The van der Waals surface area contributed by atoms with Gasteiger partial charge >= 0.3 is 0 Å². The zero-order valence-corrected chi connectivity index (χ0v) is 26.8. The average Bonchev–Trinajstić information content (AvgIpc) is 3.51. The molecule has 6 rings (SSSR count). The van der Waals surface area contributed by atoms with Gasteiger partial charge in [-0.2, -0.15) is 0 Å². The Morgan fingerprint density at radius 2 is 0.955 bits per heavy atom. The van der Waals surface area contributed by atoms with Crippen molar-refractivity contribution in [2.45, 2.75) is 40.5 Å². The first-order valence-corrected chi connectivity index (χ1v) is 16.4. The number of nitrogens with zero attached hydrogens (tertiary/aromatic N) is 2. The molecular weight excluding hydrogens is 585 g/mol. The molecule has 6 nitrogen and oxygen atoms in total. The molecule has 0 aliphatic rings. The monoisotopic (exact) mass is 618 g/mol. The molecule has 0 aliphatic carbocycles. The van der Waals surface area contributed by atoms with Crippen LogP contribution in [0.1, 0.15) is 69.6 Å². The molecule has 8 heteroatoms. The van der Waals surface area contributed by atoms with Crippen LogP contribution in [0.4, 0.5) is 11.4 Å². The molecule has 222 valence electrons. The standard InChI is InChI=1S/C36H34N4O2S2/c1-19(2)17-25-13-15-27-29(37)33(43-35(27)39-25)31(41)23-9-5-21(6-10-23)22-7-11-24(12-8-22)32(42)34-30(38)28-16-14-26(18-20(3)4)40-36(28)44-34/h5-16,19-20H,17-18,37-38H2,1-4H3. The van der Waals surface area contributed by atoms with E-state index in [-0.39, 0.29) is 11.6 Å². The summed E-state index contributed by atoms with van der Waals surface area (Å²) in [6.45, 7) is 8.63. The summed E-state index contributed by atoms with van der Waals surface area (Å²) in [5, 5.41) is 1.64. The topological polar surface area (TPSA) is 112 Å². The third-order valence-electron chi connectivity index (χ3n) is 7.58. The molecule has 0 fully saturated rings. The number of pyridine rings is 2. The molecular formula is C36H34N4O2S2. The molecule has 0 radical (unpaired) electrons. The van der Waals surface area contributed by atoms with Crippen molar-refractivity contribution in [2.24, 2.45) is 11.8 Å². The fourth-order valence-corrected chi connectivity index (χ4v) is 7.51. The smallest absolute Gasteiger partial charge is 0.205 e. The number of nitrogen functional groups attached to an aromatic ring is 2. The summed E-state index contributed by atoms with van der Waals surface area (Å²) in [7, 11) is 0. The molecule has 0 unspecified atom stereocenters. The Kier molecular flexibility index (Phi) is 8.05. The SMILES string of the molecule is CC(C)Cc1ccc2c(N)c(C(=O)c3ccc(-c4ccc(C(=O)c5sc6nc(CC(C)C)ccc6c5N)cc4)cc3)sc2n1. The van der Waals surface area contributed by atoms with E-state index in [0.29, 0.717) is 44.1 Å². The van der Waals surface area contributed by atoms with E-state index in [1.807, 2.05) is 72.8 Å². The fourth-order valence-electron chi connectivity index (χ4n) is 5.36. The Hall–Kier alpha value is -4.40. The van der Waals surface area contributed by atoms with Crippen molar-refractivity contribution in [3.63, 3.8) is 0 Å². The number of anilines is 2. The predicted octanol–water partition coefficient (Wildman–Crippen LogP) is 8.60. The number of rotatable bonds is 9. The first kappa shape index (κ1) is 29.7. The third kappa shape index (κ3) is 5.75. The normalized spacial score (nSPS) is 11.7. The maximum atomic E-state index is 13.4. The van der Waals surface area contributed by atoms with Gasteiger partial charge in [-0.25, -0.2) is 9.97 Å². The quantitative estimate of drug-likeness (QED) is 0.157. The van der Waals surface area contributed by atoms with Gasteiger partial charge in [0, 0.05) is 33.3 Å². The van der Waals surface area contributed by atoms with Crippen molar-refractivity contribution in [2.75, 3.05) is 11.5 Å². The van der Waals surface area contributed by atoms with Crippen molar-refractivity contribution in [3.8, 4) is 11.1 Å². The number of aromatic nitrogens is 2. The van der Waals surface area contributed by atoms with Crippen LogP contribution >= 0.6 is 22.7 Å². The van der Waals surface area contributed by atoms with Gasteiger partial charge in [-0.15, -0.1) is 22.7 Å². The minimum Gasteiger partial charge on any atom is -0.397 e. The number of carbonyl (C=O) groups excluding carboxylic acids is 2. The van der Waals surface area contributed by atoms with E-state index < -0.39 is 0 Å². The van der Waals surface area contributed by atoms with Gasteiger partial charge in [0.1, 0.15) is 19.4 Å². The van der Waals surface area contributed by atoms with Crippen molar-refractivity contribution in [1.29, 1.82) is 0 Å². The van der Waals surface area contributed by atoms with Crippen LogP contribution in [0.3, 0.4) is 0 Å². The molecule has 4 N–H and O–H groups in total. The number of carbonyl (C=O) groups is 2. The van der Waals surface area contributed by atoms with Gasteiger partial charge in [0.25, 0.3) is 0 Å². The summed E-state index contributed by atoms with van der Waals surface area (Å²) in [6.07, 6.45) is 1.76. The van der Waals surface area contributed by atoms with Gasteiger partial charge < -0.3 is 11.5 Å². The lowest BCUT2D eigenvalue weighted by Gasteiger charge is -2.06. The van der Waals surface area contributed by atoms with E-state index >= 15 is 0 Å². The highest BCUT2D eigenvalue weighted by Crippen LogP contribution is 2.36. The van der Waals surface area contributed by atoms with Gasteiger partial charge in [-0.3, -0.25) is 9.59 Å². The second-order valence-corrected chi connectivity index (χ2v) is 14.0. The zero-order valence-electron chi connectivity index (χ0n) is 25.2. The predicted molar refractivity (Wildman–Crippen MR) is 184 cm³/mol. The van der Waals surface area contributed by atoms with Crippen LogP contribution in [0.2, 0.25) is 0 Å². The lowest BCUT2D eigenvalue weighted by molar-refractivity contribution is 0.103. The molecule has 0 saturated heterocycles. The molecule has 4 heterocycles. The van der Waals surface area contributed by atoms with Crippen molar-refractivity contribution < 1.29 is 9.59 Å². The Labute approximate surface area is 264 Å². The van der Waals surface area contributed by atoms with Crippen LogP contribution in [0, 0.1) is 11.8 Å². The minimum absolute atomic E-state index is 0.116. The minimum atomic E-state index is -0.116. The van der Waals surface area contributed by atoms with Gasteiger partial charge in [-0.05, 0) is 60.1 Å². The molecule has 0 aliphatic heterocycles. The van der Waals surface area contributed by atoms with Crippen LogP contribution in [-0.2, 0) is 12.8 Å². The number of hydrogen-bond acceptors (Lipinski definition) is 8. The van der Waals surface area contributed by atoms with Crippen LogP contribution in [0.15, 0.2) is 72.8 Å². The molecule has 0 atom stereocenters. The van der Waals surface area contributed by atoms with E-state index in [1.165, 1.54) is 22.7 Å². The molecule has 0 saturated carbocycles. The van der Waals surface area contributed by atoms with Gasteiger partial charge in [0.2, 0.25) is 11.6 Å². The van der Waals surface area contributed by atoms with Crippen LogP contribution < -0.4 is 11.5 Å². The van der Waals surface area contributed by atoms with E-state index in [4.69, 9.17) is 21.4 Å². The molecule has 2 aromatic carbocycles. The zero-order chi connectivity index (χ0) is 31.1. The molecule has 44 heavy (non-hydrogen) atoms. The summed E-state index contributed by atoms with van der Waals surface area (Å²) in [5.74, 6) is 0.759. The number of ketones is 2. The van der Waals surface area contributed by atoms with E-state index in [1.54, 1.807) is 0 Å². The molecule has 0 bridgehead atoms. The Balaban J connectivity index is 1.20. The number of thiophene rings is 2. The Morgan fingerprint density at radius 3 is 1.30 bits per heavy atom. The number of fused-ring (bicyclic) bond motifs is 2. The van der Waals surface area contributed by atoms with Crippen LogP contribution in [0.5, 0.6) is 0 Å². The van der Waals surface area contributed by atoms with Gasteiger partial charge in [-0.1, -0.05) is 76.2 Å². The summed E-state index contributed by atoms with van der Waals surface area (Å²) < 4.78 is 0. The summed E-state index contributed by atoms with van der Waals surface area (Å²) in [5.41, 5.74) is 18.8. The van der Waals surface area contributed by atoms with Crippen LogP contribution in [-0.4, -0.2) is 21.5 Å².